The van der Waals surface area contributed by atoms with Gasteiger partial charge in [0, 0.05) is 32.9 Å². The molecule has 8 nitrogen and oxygen atoms in total. The van der Waals surface area contributed by atoms with E-state index in [0.29, 0.717) is 25.8 Å². The van der Waals surface area contributed by atoms with Gasteiger partial charge in [-0.25, -0.2) is 4.72 Å². The third kappa shape index (κ3) is 4.26. The second kappa shape index (κ2) is 6.54. The lowest BCUT2D eigenvalue weighted by Gasteiger charge is -2.29. The first-order valence-corrected chi connectivity index (χ1v) is 8.27. The Morgan fingerprint density at radius 2 is 2.33 bits per heavy atom. The number of nitrogens with zero attached hydrogens (tertiary/aromatic N) is 3. The Morgan fingerprint density at radius 1 is 1.57 bits per heavy atom. The van der Waals surface area contributed by atoms with Gasteiger partial charge in [-0.3, -0.25) is 9.48 Å². The number of carboxylic acid groups (broad SMARTS) is 1. The number of hydrogen-bond donors (Lipinski definition) is 2. The van der Waals surface area contributed by atoms with Crippen LogP contribution in [0.3, 0.4) is 0 Å². The molecule has 0 aromatic carbocycles. The van der Waals surface area contributed by atoms with Crippen molar-refractivity contribution in [2.24, 2.45) is 13.0 Å². The molecule has 1 aliphatic rings. The predicted molar refractivity (Wildman–Crippen MR) is 75.8 cm³/mol. The van der Waals surface area contributed by atoms with E-state index in [1.807, 2.05) is 6.20 Å². The van der Waals surface area contributed by atoms with E-state index in [-0.39, 0.29) is 13.1 Å². The topological polar surface area (TPSA) is 105 Å². The molecule has 0 aliphatic carbocycles. The first kappa shape index (κ1) is 15.9. The molecule has 118 valence electrons. The molecule has 1 fully saturated rings. The highest BCUT2D eigenvalue weighted by Crippen LogP contribution is 2.18. The highest BCUT2D eigenvalue weighted by Gasteiger charge is 2.31. The van der Waals surface area contributed by atoms with Gasteiger partial charge >= 0.3 is 5.97 Å². The number of rotatable bonds is 6. The van der Waals surface area contributed by atoms with Crippen LogP contribution in [0.5, 0.6) is 0 Å². The maximum atomic E-state index is 12.2. The van der Waals surface area contributed by atoms with Crippen LogP contribution in [-0.4, -0.2) is 53.2 Å². The number of aryl methyl sites for hydroxylation is 1. The first-order valence-electron chi connectivity index (χ1n) is 6.83. The summed E-state index contributed by atoms with van der Waals surface area (Å²) in [5.74, 6) is -1.56. The summed E-state index contributed by atoms with van der Waals surface area (Å²) in [6.45, 7) is 0.672. The SMILES string of the molecule is Cn1cc(CCNS(=O)(=O)N2CCCC(C(=O)O)C2)cn1. The molecule has 2 rings (SSSR count). The van der Waals surface area contributed by atoms with Crippen LogP contribution in [0, 0.1) is 5.92 Å². The van der Waals surface area contributed by atoms with Gasteiger partial charge in [0.15, 0.2) is 0 Å². The fourth-order valence-corrected chi connectivity index (χ4v) is 3.67. The van der Waals surface area contributed by atoms with Gasteiger partial charge in [-0.1, -0.05) is 0 Å². The van der Waals surface area contributed by atoms with Crippen LogP contribution in [0.15, 0.2) is 12.4 Å². The van der Waals surface area contributed by atoms with Crippen molar-refractivity contribution < 1.29 is 18.3 Å². The standard InChI is InChI=1S/C12H20N4O4S/c1-15-8-10(7-13-15)4-5-14-21(19,20)16-6-2-3-11(9-16)12(17)18/h7-8,11,14H,2-6,9H2,1H3,(H,17,18). The Hall–Kier alpha value is -1.45. The van der Waals surface area contributed by atoms with Crippen molar-refractivity contribution in [2.45, 2.75) is 19.3 Å². The minimum Gasteiger partial charge on any atom is -0.481 e. The van der Waals surface area contributed by atoms with E-state index in [2.05, 4.69) is 9.82 Å². The molecule has 0 saturated carbocycles. The van der Waals surface area contributed by atoms with Crippen molar-refractivity contribution >= 4 is 16.2 Å². The molecule has 2 heterocycles. The van der Waals surface area contributed by atoms with Crippen molar-refractivity contribution in [1.29, 1.82) is 0 Å². The summed E-state index contributed by atoms with van der Waals surface area (Å²) in [6, 6.07) is 0. The van der Waals surface area contributed by atoms with E-state index in [0.717, 1.165) is 5.56 Å². The van der Waals surface area contributed by atoms with Crippen molar-refractivity contribution in [2.75, 3.05) is 19.6 Å². The third-order valence-corrected chi connectivity index (χ3v) is 5.11. The van der Waals surface area contributed by atoms with Crippen LogP contribution in [0.25, 0.3) is 0 Å². The molecular weight excluding hydrogens is 296 g/mol. The molecule has 1 atom stereocenters. The Kier molecular flexibility index (Phi) is 4.96. The first-order chi connectivity index (χ1) is 9.88. The number of nitrogens with one attached hydrogen (secondary N) is 1. The Balaban J connectivity index is 1.87. The van der Waals surface area contributed by atoms with E-state index in [4.69, 9.17) is 5.11 Å². The predicted octanol–water partition coefficient (Wildman–Crippen LogP) is -0.406. The highest BCUT2D eigenvalue weighted by molar-refractivity contribution is 7.87. The maximum Gasteiger partial charge on any atom is 0.307 e. The van der Waals surface area contributed by atoms with E-state index < -0.39 is 22.1 Å². The Labute approximate surface area is 123 Å². The van der Waals surface area contributed by atoms with Crippen LogP contribution in [-0.2, 0) is 28.5 Å². The number of aliphatic carboxylic acids is 1. The smallest absolute Gasteiger partial charge is 0.307 e. The number of piperidine rings is 1. The number of aromatic nitrogens is 2. The van der Waals surface area contributed by atoms with E-state index in [1.165, 1.54) is 4.31 Å². The summed E-state index contributed by atoms with van der Waals surface area (Å²) in [4.78, 5) is 11.0. The summed E-state index contributed by atoms with van der Waals surface area (Å²) in [6.07, 6.45) is 5.16. The van der Waals surface area contributed by atoms with Crippen LogP contribution in [0.4, 0.5) is 0 Å². The van der Waals surface area contributed by atoms with Gasteiger partial charge in [0.2, 0.25) is 0 Å². The van der Waals surface area contributed by atoms with Crippen LogP contribution < -0.4 is 4.72 Å². The molecule has 2 N–H and O–H groups in total. The molecule has 1 aliphatic heterocycles. The Bertz CT molecular complexity index is 598. The summed E-state index contributed by atoms with van der Waals surface area (Å²) in [5, 5.41) is 13.0. The number of hydrogen-bond acceptors (Lipinski definition) is 4. The second-order valence-electron chi connectivity index (χ2n) is 5.21. The highest BCUT2D eigenvalue weighted by atomic mass is 32.2. The van der Waals surface area contributed by atoms with Gasteiger partial charge in [-0.05, 0) is 24.8 Å². The van der Waals surface area contributed by atoms with Crippen LogP contribution in [0.1, 0.15) is 18.4 Å². The maximum absolute atomic E-state index is 12.2. The van der Waals surface area contributed by atoms with E-state index >= 15 is 0 Å². The normalized spacial score (nSPS) is 20.5. The molecule has 0 spiro atoms. The van der Waals surface area contributed by atoms with Gasteiger partial charge < -0.3 is 5.11 Å². The minimum absolute atomic E-state index is 0.0392. The zero-order valence-corrected chi connectivity index (χ0v) is 12.7. The summed E-state index contributed by atoms with van der Waals surface area (Å²) in [7, 11) is -1.82. The molecule has 0 radical (unpaired) electrons. The average Bonchev–Trinajstić information content (AvgIpc) is 2.84. The third-order valence-electron chi connectivity index (χ3n) is 3.53. The quantitative estimate of drug-likeness (QED) is 0.742. The lowest BCUT2D eigenvalue weighted by Crippen LogP contribution is -2.47. The molecule has 9 heteroatoms. The zero-order valence-electron chi connectivity index (χ0n) is 11.9. The minimum atomic E-state index is -3.62. The fraction of sp³-hybridized carbons (Fsp3) is 0.667. The lowest BCUT2D eigenvalue weighted by atomic mass is 10.0. The van der Waals surface area contributed by atoms with Crippen molar-refractivity contribution in [3.63, 3.8) is 0 Å². The molecular formula is C12H20N4O4S. The van der Waals surface area contributed by atoms with E-state index in [9.17, 15) is 13.2 Å². The number of carbonyl (C=O) groups is 1. The Morgan fingerprint density at radius 3 is 2.95 bits per heavy atom. The van der Waals surface area contributed by atoms with E-state index in [1.54, 1.807) is 17.9 Å². The largest absolute Gasteiger partial charge is 0.481 e. The van der Waals surface area contributed by atoms with Crippen LogP contribution >= 0.6 is 0 Å². The monoisotopic (exact) mass is 316 g/mol. The molecule has 21 heavy (non-hydrogen) atoms. The van der Waals surface area contributed by atoms with Crippen molar-refractivity contribution in [1.82, 2.24) is 18.8 Å². The molecule has 1 saturated heterocycles. The van der Waals surface area contributed by atoms with Crippen LogP contribution in [0.2, 0.25) is 0 Å². The summed E-state index contributed by atoms with van der Waals surface area (Å²) in [5.41, 5.74) is 0.947. The van der Waals surface area contributed by atoms with Crippen molar-refractivity contribution in [3.8, 4) is 0 Å². The van der Waals surface area contributed by atoms with Gasteiger partial charge in [-0.2, -0.15) is 17.8 Å². The summed E-state index contributed by atoms with van der Waals surface area (Å²) < 4.78 is 29.7. The molecule has 0 bridgehead atoms. The fourth-order valence-electron chi connectivity index (χ4n) is 2.38. The van der Waals surface area contributed by atoms with Gasteiger partial charge in [0.1, 0.15) is 0 Å². The zero-order chi connectivity index (χ0) is 15.5. The molecule has 1 aromatic rings. The van der Waals surface area contributed by atoms with Gasteiger partial charge in [0.05, 0.1) is 12.1 Å². The average molecular weight is 316 g/mol. The van der Waals surface area contributed by atoms with Crippen molar-refractivity contribution in [3.05, 3.63) is 18.0 Å². The molecule has 0 amide bonds. The number of carboxylic acids is 1. The summed E-state index contributed by atoms with van der Waals surface area (Å²) >= 11 is 0. The second-order valence-corrected chi connectivity index (χ2v) is 6.96. The molecule has 1 unspecified atom stereocenters. The lowest BCUT2D eigenvalue weighted by molar-refractivity contribution is -0.142. The van der Waals surface area contributed by atoms with Gasteiger partial charge in [0.25, 0.3) is 10.2 Å². The molecule has 1 aromatic heterocycles. The van der Waals surface area contributed by atoms with Gasteiger partial charge in [-0.15, -0.1) is 0 Å².